The fourth-order valence-electron chi connectivity index (χ4n) is 3.60. The number of ether oxygens (including phenoxy) is 1. The highest BCUT2D eigenvalue weighted by Crippen LogP contribution is 2.24. The zero-order valence-corrected chi connectivity index (χ0v) is 18.3. The molecule has 0 spiro atoms. The number of nitrogens with one attached hydrogen (secondary N) is 3. The predicted molar refractivity (Wildman–Crippen MR) is 124 cm³/mol. The lowest BCUT2D eigenvalue weighted by atomic mass is 10.0. The Kier molecular flexibility index (Phi) is 8.47. The van der Waals surface area contributed by atoms with Crippen molar-refractivity contribution in [2.45, 2.75) is 38.6 Å². The Bertz CT molecular complexity index is 838. The van der Waals surface area contributed by atoms with Gasteiger partial charge >= 0.3 is 0 Å². The summed E-state index contributed by atoms with van der Waals surface area (Å²) < 4.78 is 5.54. The highest BCUT2D eigenvalue weighted by atomic mass is 32.1. The van der Waals surface area contributed by atoms with E-state index in [1.165, 1.54) is 24.8 Å². The zero-order chi connectivity index (χ0) is 21.2. The summed E-state index contributed by atoms with van der Waals surface area (Å²) in [4.78, 5) is 14.7. The van der Waals surface area contributed by atoms with E-state index in [2.05, 4.69) is 27.1 Å². The Morgan fingerprint density at radius 2 is 1.83 bits per heavy atom. The van der Waals surface area contributed by atoms with Crippen LogP contribution >= 0.6 is 12.2 Å². The standard InChI is InChI=1S/C23H30N4O2S/c1-29-21-12-10-18(16-19(21)17-27-14-6-3-7-15-27)11-13-22(28)25-26-23(30)24-20-8-4-2-5-9-20/h2,4-5,8-10,12,16H,3,6-7,11,13-15,17H2,1H3,(H,25,28)(H2,24,26,30). The Labute approximate surface area is 184 Å². The van der Waals surface area contributed by atoms with Crippen molar-refractivity contribution < 1.29 is 9.53 Å². The van der Waals surface area contributed by atoms with E-state index in [0.717, 1.165) is 36.6 Å². The van der Waals surface area contributed by atoms with Crippen molar-refractivity contribution in [3.05, 3.63) is 59.7 Å². The van der Waals surface area contributed by atoms with Crippen LogP contribution in [0.4, 0.5) is 5.69 Å². The number of hydrazine groups is 1. The second-order valence-corrected chi connectivity index (χ2v) is 7.88. The maximum atomic E-state index is 12.2. The monoisotopic (exact) mass is 426 g/mol. The quantitative estimate of drug-likeness (QED) is 0.464. The van der Waals surface area contributed by atoms with E-state index < -0.39 is 0 Å². The van der Waals surface area contributed by atoms with E-state index in [-0.39, 0.29) is 5.91 Å². The van der Waals surface area contributed by atoms with Crippen molar-refractivity contribution in [3.8, 4) is 5.75 Å². The lowest BCUT2D eigenvalue weighted by Crippen LogP contribution is -2.43. The number of hydrogen-bond donors (Lipinski definition) is 3. The van der Waals surface area contributed by atoms with Crippen LogP contribution in [0.15, 0.2) is 48.5 Å². The first-order chi connectivity index (χ1) is 14.6. The van der Waals surface area contributed by atoms with E-state index in [4.69, 9.17) is 17.0 Å². The van der Waals surface area contributed by atoms with Gasteiger partial charge in [-0.3, -0.25) is 20.5 Å². The summed E-state index contributed by atoms with van der Waals surface area (Å²) in [5, 5.41) is 3.37. The Hall–Kier alpha value is -2.64. The van der Waals surface area contributed by atoms with Gasteiger partial charge in [-0.05, 0) is 68.3 Å². The van der Waals surface area contributed by atoms with Crippen LogP contribution in [0.1, 0.15) is 36.8 Å². The normalized spacial score (nSPS) is 14.0. The van der Waals surface area contributed by atoms with Crippen LogP contribution in [0.2, 0.25) is 0 Å². The van der Waals surface area contributed by atoms with E-state index in [1.807, 2.05) is 42.5 Å². The number of piperidine rings is 1. The van der Waals surface area contributed by atoms with E-state index in [9.17, 15) is 4.79 Å². The highest BCUT2D eigenvalue weighted by molar-refractivity contribution is 7.80. The Balaban J connectivity index is 1.46. The molecule has 1 saturated heterocycles. The number of benzene rings is 2. The van der Waals surface area contributed by atoms with Gasteiger partial charge in [0.2, 0.25) is 5.91 Å². The van der Waals surface area contributed by atoms with Crippen molar-refractivity contribution in [2.24, 2.45) is 0 Å². The highest BCUT2D eigenvalue weighted by Gasteiger charge is 2.14. The van der Waals surface area contributed by atoms with Gasteiger partial charge in [0, 0.05) is 24.2 Å². The molecule has 3 N–H and O–H groups in total. The molecule has 0 atom stereocenters. The zero-order valence-electron chi connectivity index (χ0n) is 17.4. The first-order valence-corrected chi connectivity index (χ1v) is 10.8. The number of rotatable bonds is 7. The summed E-state index contributed by atoms with van der Waals surface area (Å²) in [5.74, 6) is 0.799. The number of aryl methyl sites for hydroxylation is 1. The van der Waals surface area contributed by atoms with Crippen LogP contribution in [0.3, 0.4) is 0 Å². The van der Waals surface area contributed by atoms with Crippen molar-refractivity contribution in [2.75, 3.05) is 25.5 Å². The van der Waals surface area contributed by atoms with Gasteiger partial charge in [-0.25, -0.2) is 0 Å². The summed E-state index contributed by atoms with van der Waals surface area (Å²) in [7, 11) is 1.71. The van der Waals surface area contributed by atoms with Gasteiger partial charge < -0.3 is 10.1 Å². The average Bonchev–Trinajstić information content (AvgIpc) is 2.78. The number of para-hydroxylation sites is 1. The first-order valence-electron chi connectivity index (χ1n) is 10.4. The molecule has 1 aliphatic heterocycles. The summed E-state index contributed by atoms with van der Waals surface area (Å²) in [5.41, 5.74) is 8.57. The molecule has 0 radical (unpaired) electrons. The molecule has 0 aliphatic carbocycles. The number of likely N-dealkylation sites (tertiary alicyclic amines) is 1. The molecule has 0 unspecified atom stereocenters. The van der Waals surface area contributed by atoms with Crippen LogP contribution in [-0.2, 0) is 17.8 Å². The summed E-state index contributed by atoms with van der Waals surface area (Å²) in [6.45, 7) is 3.17. The molecule has 1 fully saturated rings. The molecule has 2 aromatic carbocycles. The van der Waals surface area contributed by atoms with Gasteiger partial charge in [0.05, 0.1) is 7.11 Å². The van der Waals surface area contributed by atoms with Gasteiger partial charge in [-0.1, -0.05) is 36.8 Å². The Morgan fingerprint density at radius 3 is 2.57 bits per heavy atom. The van der Waals surface area contributed by atoms with Crippen molar-refractivity contribution in [1.29, 1.82) is 0 Å². The molecule has 6 nitrogen and oxygen atoms in total. The number of hydrogen-bond acceptors (Lipinski definition) is 4. The maximum Gasteiger partial charge on any atom is 0.238 e. The smallest absolute Gasteiger partial charge is 0.238 e. The third kappa shape index (κ3) is 7.00. The SMILES string of the molecule is COc1ccc(CCC(=O)NNC(=S)Nc2ccccc2)cc1CN1CCCCC1. The molecule has 1 heterocycles. The fourth-order valence-corrected chi connectivity index (χ4v) is 3.77. The van der Waals surface area contributed by atoms with E-state index in [1.54, 1.807) is 7.11 Å². The minimum absolute atomic E-state index is 0.111. The topological polar surface area (TPSA) is 65.6 Å². The maximum absolute atomic E-state index is 12.2. The molecule has 0 aromatic heterocycles. The molecular weight excluding hydrogens is 396 g/mol. The Morgan fingerprint density at radius 1 is 1.07 bits per heavy atom. The summed E-state index contributed by atoms with van der Waals surface area (Å²) >= 11 is 5.20. The van der Waals surface area contributed by atoms with Gasteiger partial charge in [0.25, 0.3) is 0 Å². The largest absolute Gasteiger partial charge is 0.496 e. The number of carbonyl (C=O) groups excluding carboxylic acids is 1. The number of nitrogens with zero attached hydrogens (tertiary/aromatic N) is 1. The molecule has 160 valence electrons. The lowest BCUT2D eigenvalue weighted by molar-refractivity contribution is -0.121. The van der Waals surface area contributed by atoms with Crippen LogP contribution in [-0.4, -0.2) is 36.1 Å². The molecule has 2 aromatic rings. The summed E-state index contributed by atoms with van der Waals surface area (Å²) in [6.07, 6.45) is 4.87. The third-order valence-electron chi connectivity index (χ3n) is 5.18. The van der Waals surface area contributed by atoms with Gasteiger partial charge in [0.15, 0.2) is 5.11 Å². The number of methoxy groups -OCH3 is 1. The van der Waals surface area contributed by atoms with Crippen molar-refractivity contribution in [3.63, 3.8) is 0 Å². The molecule has 30 heavy (non-hydrogen) atoms. The minimum Gasteiger partial charge on any atom is -0.496 e. The second-order valence-electron chi connectivity index (χ2n) is 7.48. The molecule has 1 aliphatic rings. The van der Waals surface area contributed by atoms with Crippen LogP contribution in [0.5, 0.6) is 5.75 Å². The van der Waals surface area contributed by atoms with Crippen LogP contribution < -0.4 is 20.9 Å². The van der Waals surface area contributed by atoms with Crippen LogP contribution in [0, 0.1) is 0 Å². The van der Waals surface area contributed by atoms with E-state index >= 15 is 0 Å². The predicted octanol–water partition coefficient (Wildman–Crippen LogP) is 3.63. The molecule has 0 saturated carbocycles. The van der Waals surface area contributed by atoms with Crippen molar-refractivity contribution >= 4 is 28.9 Å². The molecule has 3 rings (SSSR count). The number of carbonyl (C=O) groups is 1. The number of thiocarbonyl (C=S) groups is 1. The van der Waals surface area contributed by atoms with Gasteiger partial charge in [0.1, 0.15) is 5.75 Å². The van der Waals surface area contributed by atoms with Crippen LogP contribution in [0.25, 0.3) is 0 Å². The summed E-state index contributed by atoms with van der Waals surface area (Å²) in [6, 6.07) is 15.8. The van der Waals surface area contributed by atoms with Gasteiger partial charge in [-0.2, -0.15) is 0 Å². The molecule has 7 heteroatoms. The van der Waals surface area contributed by atoms with Crippen molar-refractivity contribution in [1.82, 2.24) is 15.8 Å². The average molecular weight is 427 g/mol. The molecular formula is C23H30N4O2S. The second kappa shape index (κ2) is 11.5. The first kappa shape index (κ1) is 22.1. The lowest BCUT2D eigenvalue weighted by Gasteiger charge is -2.27. The number of anilines is 1. The number of amides is 1. The fraction of sp³-hybridized carbons (Fsp3) is 0.391. The van der Waals surface area contributed by atoms with Gasteiger partial charge in [-0.15, -0.1) is 0 Å². The minimum atomic E-state index is -0.111. The van der Waals surface area contributed by atoms with E-state index in [0.29, 0.717) is 18.0 Å². The molecule has 1 amide bonds. The molecule has 0 bridgehead atoms. The third-order valence-corrected chi connectivity index (χ3v) is 5.38.